The zero-order valence-corrected chi connectivity index (χ0v) is 26.6. The van der Waals surface area contributed by atoms with E-state index in [-0.39, 0.29) is 18.6 Å². The van der Waals surface area contributed by atoms with Gasteiger partial charge in [-0.05, 0) is 69.2 Å². The molecule has 11 nitrogen and oxygen atoms in total. The third-order valence-corrected chi connectivity index (χ3v) is 8.76. The third-order valence-electron chi connectivity index (χ3n) is 6.56. The van der Waals surface area contributed by atoms with Crippen LogP contribution in [0.15, 0.2) is 10.7 Å². The minimum Gasteiger partial charge on any atom is -0.464 e. The second kappa shape index (κ2) is 12.1. The van der Waals surface area contributed by atoms with Gasteiger partial charge in [-0.3, -0.25) is 9.80 Å². The largest absolute Gasteiger partial charge is 0.464 e. The van der Waals surface area contributed by atoms with Gasteiger partial charge in [0.15, 0.2) is 6.04 Å². The van der Waals surface area contributed by atoms with Gasteiger partial charge in [0, 0.05) is 27.7 Å². The Morgan fingerprint density at radius 1 is 1.24 bits per heavy atom. The fourth-order valence-corrected chi connectivity index (χ4v) is 5.91. The van der Waals surface area contributed by atoms with Crippen molar-refractivity contribution >= 4 is 48.8 Å². The fourth-order valence-electron chi connectivity index (χ4n) is 4.83. The van der Waals surface area contributed by atoms with Gasteiger partial charge in [-0.25, -0.2) is 19.4 Å². The van der Waals surface area contributed by atoms with Crippen molar-refractivity contribution in [3.63, 3.8) is 0 Å². The molecule has 2 saturated heterocycles. The van der Waals surface area contributed by atoms with Gasteiger partial charge < -0.3 is 23.9 Å². The predicted molar refractivity (Wildman–Crippen MR) is 151 cm³/mol. The molecule has 3 heterocycles. The Bertz CT molecular complexity index is 1000. The summed E-state index contributed by atoms with van der Waals surface area (Å²) in [6.07, 6.45) is 2.15. The number of hydrogen-bond acceptors (Lipinski definition) is 9. The topological polar surface area (TPSA) is 123 Å². The van der Waals surface area contributed by atoms with E-state index < -0.39 is 43.4 Å². The minimum atomic E-state index is -1.32. The molecule has 1 aromatic heterocycles. The molecule has 13 heteroatoms. The number of ether oxygens (including phenoxy) is 3. The molecule has 0 aliphatic carbocycles. The maximum absolute atomic E-state index is 13.1. The van der Waals surface area contributed by atoms with Crippen LogP contribution in [-0.2, 0) is 19.0 Å². The molecule has 0 radical (unpaired) electrons. The Balaban J connectivity index is 1.81. The monoisotopic (exact) mass is 664 g/mol. The molecule has 2 fully saturated rings. The van der Waals surface area contributed by atoms with E-state index in [1.165, 1.54) is 6.26 Å². The maximum atomic E-state index is 13.1. The molecule has 1 N–H and O–H groups in total. The van der Waals surface area contributed by atoms with Gasteiger partial charge in [0.2, 0.25) is 5.89 Å². The van der Waals surface area contributed by atoms with Gasteiger partial charge in [0.05, 0.1) is 18.8 Å². The van der Waals surface area contributed by atoms with E-state index in [0.717, 1.165) is 18.9 Å². The lowest BCUT2D eigenvalue weighted by molar-refractivity contribution is -0.151. The van der Waals surface area contributed by atoms with Crippen LogP contribution < -0.4 is 5.32 Å². The standard InChI is InChI=1S/C25H41IN4O7Si/c1-8-34-21(31)18(28-22(32)37-24(2,3)4)19(20-27-17(26)14-36-20)29-15-25(16-29)10-9-11-30(25)23(33)35-12-13-38(5,6)7/h14,18-19H,8-13,15-16H2,1-7H3,(H,28,32)/t18-,19-/m0/s1. The minimum absolute atomic E-state index is 0.141. The summed E-state index contributed by atoms with van der Waals surface area (Å²) < 4.78 is 22.7. The molecule has 1 aromatic rings. The molecule has 2 amide bonds. The van der Waals surface area contributed by atoms with Crippen molar-refractivity contribution in [2.75, 3.05) is 32.8 Å². The van der Waals surface area contributed by atoms with Crippen molar-refractivity contribution < 1.29 is 33.0 Å². The molecule has 0 aromatic carbocycles. The molecule has 2 aliphatic rings. The first-order valence-electron chi connectivity index (χ1n) is 13.1. The zero-order valence-electron chi connectivity index (χ0n) is 23.5. The quantitative estimate of drug-likeness (QED) is 0.177. The number of amides is 2. The Labute approximate surface area is 239 Å². The van der Waals surface area contributed by atoms with Crippen molar-refractivity contribution in [3.05, 3.63) is 15.9 Å². The number of carbonyl (C=O) groups excluding carboxylic acids is 3. The molecule has 0 unspecified atom stereocenters. The summed E-state index contributed by atoms with van der Waals surface area (Å²) in [6, 6.07) is -0.968. The normalized spacial score (nSPS) is 19.0. The van der Waals surface area contributed by atoms with E-state index >= 15 is 0 Å². The van der Waals surface area contributed by atoms with E-state index in [1.54, 1.807) is 27.7 Å². The van der Waals surface area contributed by atoms with Crippen LogP contribution in [0.2, 0.25) is 25.7 Å². The summed E-state index contributed by atoms with van der Waals surface area (Å²) in [5.74, 6) is -0.341. The number of halogens is 1. The van der Waals surface area contributed by atoms with Crippen molar-refractivity contribution in [1.29, 1.82) is 0 Å². The number of aromatic nitrogens is 1. The molecule has 0 saturated carbocycles. The van der Waals surface area contributed by atoms with Gasteiger partial charge in [0.1, 0.15) is 21.6 Å². The van der Waals surface area contributed by atoms with E-state index in [1.807, 2.05) is 32.4 Å². The number of esters is 1. The number of alkyl carbamates (subject to hydrolysis) is 1. The van der Waals surface area contributed by atoms with Crippen LogP contribution in [0, 0.1) is 3.70 Å². The smallest absolute Gasteiger partial charge is 0.410 e. The lowest BCUT2D eigenvalue weighted by Gasteiger charge is -2.54. The predicted octanol–water partition coefficient (Wildman–Crippen LogP) is 4.40. The van der Waals surface area contributed by atoms with Crippen LogP contribution in [0.3, 0.4) is 0 Å². The number of rotatable bonds is 9. The Morgan fingerprint density at radius 2 is 1.92 bits per heavy atom. The summed E-state index contributed by atoms with van der Waals surface area (Å²) in [4.78, 5) is 47.2. The molecule has 38 heavy (non-hydrogen) atoms. The Kier molecular flexibility index (Phi) is 9.77. The number of likely N-dealkylation sites (tertiary alicyclic amines) is 2. The highest BCUT2D eigenvalue weighted by molar-refractivity contribution is 14.1. The SMILES string of the molecule is CCOC(=O)[C@@H](NC(=O)OC(C)(C)C)[C@@H](c1nc(I)co1)N1CC2(CCCN2C(=O)OCC[Si](C)(C)C)C1. The summed E-state index contributed by atoms with van der Waals surface area (Å²) in [7, 11) is -1.32. The fraction of sp³-hybridized carbons (Fsp3) is 0.760. The molecule has 1 spiro atoms. The van der Waals surface area contributed by atoms with Gasteiger partial charge in [-0.2, -0.15) is 0 Å². The second-order valence-corrected chi connectivity index (χ2v) is 18.9. The van der Waals surface area contributed by atoms with Crippen molar-refractivity contribution in [2.45, 2.75) is 89.4 Å². The molecule has 0 bridgehead atoms. The van der Waals surface area contributed by atoms with Crippen LogP contribution in [-0.4, -0.2) is 91.0 Å². The lowest BCUT2D eigenvalue weighted by atomic mass is 9.84. The van der Waals surface area contributed by atoms with Crippen LogP contribution in [0.4, 0.5) is 9.59 Å². The van der Waals surface area contributed by atoms with Gasteiger partial charge in [-0.15, -0.1) is 0 Å². The average molecular weight is 665 g/mol. The van der Waals surface area contributed by atoms with Gasteiger partial charge in [-0.1, -0.05) is 19.6 Å². The van der Waals surface area contributed by atoms with Crippen molar-refractivity contribution in [2.24, 2.45) is 0 Å². The molecule has 3 rings (SSSR count). The first-order chi connectivity index (χ1) is 17.6. The number of hydrogen-bond donors (Lipinski definition) is 1. The molecular formula is C25H41IN4O7Si. The second-order valence-electron chi connectivity index (χ2n) is 12.1. The summed E-state index contributed by atoms with van der Waals surface area (Å²) in [5, 5.41) is 2.69. The van der Waals surface area contributed by atoms with Crippen molar-refractivity contribution in [3.8, 4) is 0 Å². The molecular weight excluding hydrogens is 623 g/mol. The molecule has 2 aliphatic heterocycles. The summed E-state index contributed by atoms with van der Waals surface area (Å²) in [5.41, 5.74) is -1.16. The Hall–Kier alpha value is -1.87. The van der Waals surface area contributed by atoms with E-state index in [4.69, 9.17) is 18.6 Å². The Morgan fingerprint density at radius 3 is 2.47 bits per heavy atom. The highest BCUT2D eigenvalue weighted by Crippen LogP contribution is 2.43. The average Bonchev–Trinajstić information content (AvgIpc) is 3.37. The highest BCUT2D eigenvalue weighted by atomic mass is 127. The highest BCUT2D eigenvalue weighted by Gasteiger charge is 2.57. The number of nitrogens with zero attached hydrogens (tertiary/aromatic N) is 3. The van der Waals surface area contributed by atoms with E-state index in [9.17, 15) is 14.4 Å². The first-order valence-corrected chi connectivity index (χ1v) is 17.9. The number of oxazole rings is 1. The van der Waals surface area contributed by atoms with Gasteiger partial charge in [0.25, 0.3) is 0 Å². The van der Waals surface area contributed by atoms with Gasteiger partial charge >= 0.3 is 18.2 Å². The third kappa shape index (κ3) is 7.84. The lowest BCUT2D eigenvalue weighted by Crippen LogP contribution is -2.71. The molecule has 214 valence electrons. The maximum Gasteiger partial charge on any atom is 0.410 e. The van der Waals surface area contributed by atoms with Crippen LogP contribution in [0.5, 0.6) is 0 Å². The molecule has 2 atom stereocenters. The van der Waals surface area contributed by atoms with Crippen molar-refractivity contribution in [1.82, 2.24) is 20.1 Å². The van der Waals surface area contributed by atoms with Crippen LogP contribution in [0.1, 0.15) is 52.5 Å². The van der Waals surface area contributed by atoms with Crippen LogP contribution >= 0.6 is 22.6 Å². The summed E-state index contributed by atoms with van der Waals surface area (Å²) >= 11 is 2.03. The van der Waals surface area contributed by atoms with E-state index in [0.29, 0.717) is 29.9 Å². The van der Waals surface area contributed by atoms with E-state index in [2.05, 4.69) is 29.9 Å². The summed E-state index contributed by atoms with van der Waals surface area (Å²) in [6.45, 7) is 15.8. The number of nitrogens with one attached hydrogen (secondary N) is 1. The first kappa shape index (κ1) is 30.7. The zero-order chi connectivity index (χ0) is 28.3. The number of carbonyl (C=O) groups is 3. The van der Waals surface area contributed by atoms with Crippen LogP contribution in [0.25, 0.3) is 0 Å².